The predicted octanol–water partition coefficient (Wildman–Crippen LogP) is 5.38. The third-order valence-corrected chi connectivity index (χ3v) is 3.47. The first-order valence-corrected chi connectivity index (χ1v) is 6.21. The van der Waals surface area contributed by atoms with Crippen LogP contribution in [0.25, 0.3) is 0 Å². The third kappa shape index (κ3) is 4.32. The minimum Gasteiger partial charge on any atom is -0.147 e. The van der Waals surface area contributed by atoms with Crippen molar-refractivity contribution in [3.8, 4) is 0 Å². The summed E-state index contributed by atoms with van der Waals surface area (Å²) in [5.74, 6) is 0.473. The van der Waals surface area contributed by atoms with Gasteiger partial charge in [-0.15, -0.1) is 24.8 Å². The van der Waals surface area contributed by atoms with E-state index in [1.807, 2.05) is 0 Å². The quantitative estimate of drug-likeness (QED) is 0.656. The van der Waals surface area contributed by atoms with Gasteiger partial charge in [0.1, 0.15) is 0 Å². The van der Waals surface area contributed by atoms with Crippen molar-refractivity contribution in [1.82, 2.24) is 0 Å². The Kier molecular flexibility index (Phi) is 9.39. The van der Waals surface area contributed by atoms with Gasteiger partial charge in [-0.3, -0.25) is 0 Å². The topological polar surface area (TPSA) is 0 Å². The van der Waals surface area contributed by atoms with E-state index >= 15 is 0 Å². The molecule has 0 bridgehead atoms. The molecule has 20 heavy (non-hydrogen) atoms. The molecule has 3 heteroatoms. The van der Waals surface area contributed by atoms with Crippen molar-refractivity contribution < 1.29 is 26.2 Å². The molecule has 0 fully saturated rings. The van der Waals surface area contributed by atoms with Crippen LogP contribution >= 0.6 is 24.8 Å². The molecule has 0 unspecified atom stereocenters. The molecule has 0 amide bonds. The fraction of sp³-hybridized carbons (Fsp3) is 0.176. The average molecular weight is 384 g/mol. The van der Waals surface area contributed by atoms with Crippen LogP contribution < -0.4 is 0 Å². The first kappa shape index (κ1) is 19.6. The van der Waals surface area contributed by atoms with Crippen LogP contribution in [0.2, 0.25) is 0 Å². The Morgan fingerprint density at radius 3 is 1.65 bits per heavy atom. The smallest absolute Gasteiger partial charge is 0.0270 e. The largest absolute Gasteiger partial charge is 0.147 e. The van der Waals surface area contributed by atoms with E-state index in [0.717, 1.165) is 12.8 Å². The van der Waals surface area contributed by atoms with Crippen LogP contribution in [-0.4, -0.2) is 0 Å². The van der Waals surface area contributed by atoms with Crippen LogP contribution in [0.1, 0.15) is 24.3 Å². The second-order valence-corrected chi connectivity index (χ2v) is 4.59. The van der Waals surface area contributed by atoms with Crippen LogP contribution in [-0.2, 0) is 26.2 Å². The number of halogens is 2. The standard InChI is InChI=1S/C17H16.2ClH.Zr/c1-2-8-14(9-3-1)17(15-10-4-5-11-15)16-12-6-7-13-16;;;/h1-10,12,17H,11,13H2;2*1H;. The molecule has 0 radical (unpaired) electrons. The van der Waals surface area contributed by atoms with Crippen molar-refractivity contribution >= 4 is 24.8 Å². The number of allylic oxidation sites excluding steroid dienone is 8. The van der Waals surface area contributed by atoms with Gasteiger partial charge in [-0.1, -0.05) is 77.9 Å². The van der Waals surface area contributed by atoms with Gasteiger partial charge in [-0.25, -0.2) is 0 Å². The molecule has 0 saturated carbocycles. The van der Waals surface area contributed by atoms with E-state index < -0.39 is 0 Å². The zero-order valence-corrected chi connectivity index (χ0v) is 15.2. The van der Waals surface area contributed by atoms with Crippen molar-refractivity contribution in [2.24, 2.45) is 0 Å². The Morgan fingerprint density at radius 1 is 0.750 bits per heavy atom. The molecule has 2 aliphatic carbocycles. The SMILES string of the molecule is C1=CCC(C(C2=CC=CC2)c2ccccc2)=C1.Cl.Cl.[Zr]. The molecular weight excluding hydrogens is 366 g/mol. The summed E-state index contributed by atoms with van der Waals surface area (Å²) in [6.45, 7) is 0. The molecule has 0 N–H and O–H groups in total. The normalized spacial score (nSPS) is 15.1. The molecule has 104 valence electrons. The maximum atomic E-state index is 2.27. The maximum absolute atomic E-state index is 2.27. The molecule has 0 spiro atoms. The van der Waals surface area contributed by atoms with E-state index in [9.17, 15) is 0 Å². The molecule has 0 aliphatic heterocycles. The summed E-state index contributed by atoms with van der Waals surface area (Å²) < 4.78 is 0. The molecule has 2 aliphatic rings. The van der Waals surface area contributed by atoms with E-state index in [1.165, 1.54) is 16.7 Å². The minimum atomic E-state index is 0. The number of hydrogen-bond donors (Lipinski definition) is 0. The zero-order valence-electron chi connectivity index (χ0n) is 11.2. The van der Waals surface area contributed by atoms with E-state index in [1.54, 1.807) is 0 Å². The van der Waals surface area contributed by atoms with Crippen LogP contribution in [0, 0.1) is 0 Å². The Balaban J connectivity index is 0.00000120. The van der Waals surface area contributed by atoms with E-state index in [2.05, 4.69) is 66.8 Å². The van der Waals surface area contributed by atoms with Crippen LogP contribution in [0.5, 0.6) is 0 Å². The van der Waals surface area contributed by atoms with E-state index in [4.69, 9.17) is 0 Å². The van der Waals surface area contributed by atoms with Gasteiger partial charge >= 0.3 is 0 Å². The fourth-order valence-corrected chi connectivity index (χ4v) is 2.67. The molecule has 0 saturated heterocycles. The number of hydrogen-bond acceptors (Lipinski definition) is 0. The van der Waals surface area contributed by atoms with Crippen LogP contribution in [0.4, 0.5) is 0 Å². The van der Waals surface area contributed by atoms with Crippen molar-refractivity contribution in [2.75, 3.05) is 0 Å². The molecule has 0 atom stereocenters. The average Bonchev–Trinajstić information content (AvgIpc) is 3.04. The summed E-state index contributed by atoms with van der Waals surface area (Å²) in [4.78, 5) is 0. The summed E-state index contributed by atoms with van der Waals surface area (Å²) in [7, 11) is 0. The molecule has 0 aromatic heterocycles. The van der Waals surface area contributed by atoms with Crippen molar-refractivity contribution in [2.45, 2.75) is 18.8 Å². The van der Waals surface area contributed by atoms with Crippen molar-refractivity contribution in [3.05, 3.63) is 83.5 Å². The third-order valence-electron chi connectivity index (χ3n) is 3.47. The predicted molar refractivity (Wildman–Crippen MR) is 87.4 cm³/mol. The molecule has 0 nitrogen and oxygen atoms in total. The van der Waals surface area contributed by atoms with Gasteiger partial charge in [0, 0.05) is 32.1 Å². The molecule has 1 aromatic rings. The first-order valence-electron chi connectivity index (χ1n) is 6.21. The van der Waals surface area contributed by atoms with Gasteiger partial charge in [-0.2, -0.15) is 0 Å². The number of rotatable bonds is 3. The van der Waals surface area contributed by atoms with Crippen molar-refractivity contribution in [1.29, 1.82) is 0 Å². The van der Waals surface area contributed by atoms with Gasteiger partial charge in [0.05, 0.1) is 0 Å². The summed E-state index contributed by atoms with van der Waals surface area (Å²) in [6, 6.07) is 10.8. The van der Waals surface area contributed by atoms with Gasteiger partial charge < -0.3 is 0 Å². The fourth-order valence-electron chi connectivity index (χ4n) is 2.67. The molecular formula is C17H18Cl2Zr. The Labute approximate surface area is 152 Å². The van der Waals surface area contributed by atoms with E-state index in [0.29, 0.717) is 5.92 Å². The minimum absolute atomic E-state index is 0. The second-order valence-electron chi connectivity index (χ2n) is 4.59. The van der Waals surface area contributed by atoms with E-state index in [-0.39, 0.29) is 51.0 Å². The van der Waals surface area contributed by atoms with Gasteiger partial charge in [0.2, 0.25) is 0 Å². The van der Waals surface area contributed by atoms with Crippen molar-refractivity contribution in [3.63, 3.8) is 0 Å². The second kappa shape index (κ2) is 9.56. The van der Waals surface area contributed by atoms with Crippen LogP contribution in [0.3, 0.4) is 0 Å². The van der Waals surface area contributed by atoms with Gasteiger partial charge in [-0.05, 0) is 18.4 Å². The summed E-state index contributed by atoms with van der Waals surface area (Å²) >= 11 is 0. The van der Waals surface area contributed by atoms with Crippen LogP contribution in [0.15, 0.2) is 77.9 Å². The monoisotopic (exact) mass is 382 g/mol. The molecule has 3 rings (SSSR count). The number of benzene rings is 1. The maximum Gasteiger partial charge on any atom is 0.0270 e. The van der Waals surface area contributed by atoms with Gasteiger partial charge in [0.15, 0.2) is 0 Å². The summed E-state index contributed by atoms with van der Waals surface area (Å²) in [5, 5.41) is 0. The molecule has 1 aromatic carbocycles. The summed E-state index contributed by atoms with van der Waals surface area (Å²) in [5.41, 5.74) is 4.45. The first-order chi connectivity index (χ1) is 8.45. The Morgan fingerprint density at radius 2 is 1.25 bits per heavy atom. The summed E-state index contributed by atoms with van der Waals surface area (Å²) in [6.07, 6.45) is 15.6. The Bertz CT molecular complexity index is 497. The Hall–Kier alpha value is -0.357. The molecule has 0 heterocycles. The van der Waals surface area contributed by atoms with Gasteiger partial charge in [0.25, 0.3) is 0 Å². The zero-order chi connectivity index (χ0) is 11.5.